The van der Waals surface area contributed by atoms with E-state index in [0.29, 0.717) is 4.47 Å². The van der Waals surface area contributed by atoms with Crippen LogP contribution in [0.2, 0.25) is 5.02 Å². The molecule has 1 rings (SSSR count). The molecule has 0 radical (unpaired) electrons. The van der Waals surface area contributed by atoms with Gasteiger partial charge in [-0.25, -0.2) is 4.39 Å². The Bertz CT molecular complexity index is 346. The molecule has 0 amide bonds. The Kier molecular flexibility index (Phi) is 3.07. The van der Waals surface area contributed by atoms with Crippen LogP contribution in [-0.2, 0) is 6.42 Å². The average Bonchev–Trinajstić information content (AvgIpc) is 2.06. The van der Waals surface area contributed by atoms with Crippen LogP contribution in [0.25, 0.3) is 0 Å². The van der Waals surface area contributed by atoms with Crippen molar-refractivity contribution < 1.29 is 4.39 Å². The van der Waals surface area contributed by atoms with Crippen LogP contribution in [0.15, 0.2) is 16.6 Å². The molecule has 12 heavy (non-hydrogen) atoms. The van der Waals surface area contributed by atoms with Crippen LogP contribution in [0.4, 0.5) is 4.39 Å². The summed E-state index contributed by atoms with van der Waals surface area (Å²) < 4.78 is 13.6. The fraction of sp³-hybridized carbons (Fsp3) is 0.125. The lowest BCUT2D eigenvalue weighted by atomic mass is 10.1. The van der Waals surface area contributed by atoms with Crippen LogP contribution in [-0.4, -0.2) is 0 Å². The minimum atomic E-state index is -0.440. The van der Waals surface area contributed by atoms with Gasteiger partial charge in [-0.1, -0.05) is 11.6 Å². The van der Waals surface area contributed by atoms with E-state index < -0.39 is 5.82 Å². The van der Waals surface area contributed by atoms with Crippen molar-refractivity contribution >= 4 is 27.5 Å². The summed E-state index contributed by atoms with van der Waals surface area (Å²) in [7, 11) is 0. The summed E-state index contributed by atoms with van der Waals surface area (Å²) in [4.78, 5) is 0. The second-order valence-electron chi connectivity index (χ2n) is 2.16. The number of hydrogen-bond acceptors (Lipinski definition) is 1. The molecule has 1 aromatic rings. The van der Waals surface area contributed by atoms with E-state index in [1.165, 1.54) is 12.1 Å². The molecule has 0 N–H and O–H groups in total. The molecule has 1 nitrogen and oxygen atoms in total. The number of hydrogen-bond donors (Lipinski definition) is 0. The third kappa shape index (κ3) is 1.77. The highest BCUT2D eigenvalue weighted by atomic mass is 79.9. The highest BCUT2D eigenvalue weighted by Gasteiger charge is 2.09. The van der Waals surface area contributed by atoms with Crippen molar-refractivity contribution in [1.82, 2.24) is 0 Å². The normalized spacial score (nSPS) is 9.50. The summed E-state index contributed by atoms with van der Waals surface area (Å²) in [6.45, 7) is 0. The molecular weight excluding hydrogens is 244 g/mol. The Labute approximate surface area is 82.9 Å². The van der Waals surface area contributed by atoms with Gasteiger partial charge in [0.15, 0.2) is 0 Å². The third-order valence-corrected chi connectivity index (χ3v) is 2.72. The summed E-state index contributed by atoms with van der Waals surface area (Å²) in [5, 5.41) is 8.64. The van der Waals surface area contributed by atoms with E-state index in [-0.39, 0.29) is 17.0 Å². The van der Waals surface area contributed by atoms with Gasteiger partial charge in [-0.2, -0.15) is 5.26 Å². The molecule has 1 aromatic carbocycles. The van der Waals surface area contributed by atoms with E-state index in [9.17, 15) is 4.39 Å². The molecule has 0 saturated heterocycles. The predicted molar refractivity (Wildman–Crippen MR) is 48.4 cm³/mol. The standard InChI is InChI=1S/C8H4BrClFN/c9-6-1-2-7(11)5(3-4-12)8(6)10/h1-2H,3H2. The second-order valence-corrected chi connectivity index (χ2v) is 3.39. The highest BCUT2D eigenvalue weighted by Crippen LogP contribution is 2.28. The molecule has 0 aromatic heterocycles. The summed E-state index contributed by atoms with van der Waals surface area (Å²) in [5.74, 6) is -0.440. The first kappa shape index (κ1) is 9.50. The Morgan fingerprint density at radius 1 is 1.58 bits per heavy atom. The molecule has 0 spiro atoms. The van der Waals surface area contributed by atoms with E-state index in [4.69, 9.17) is 16.9 Å². The fourth-order valence-corrected chi connectivity index (χ4v) is 1.40. The number of rotatable bonds is 1. The lowest BCUT2D eigenvalue weighted by Crippen LogP contribution is -1.90. The summed E-state index contributed by atoms with van der Waals surface area (Å²) >= 11 is 8.88. The van der Waals surface area contributed by atoms with Crippen LogP contribution < -0.4 is 0 Å². The first-order valence-corrected chi connectivity index (χ1v) is 4.33. The van der Waals surface area contributed by atoms with Gasteiger partial charge in [-0.05, 0) is 28.1 Å². The number of benzene rings is 1. The molecule has 0 aliphatic rings. The summed E-state index contributed by atoms with van der Waals surface area (Å²) in [6, 6.07) is 4.64. The van der Waals surface area contributed by atoms with Gasteiger partial charge in [-0.3, -0.25) is 0 Å². The van der Waals surface area contributed by atoms with Crippen molar-refractivity contribution in [3.63, 3.8) is 0 Å². The first-order valence-electron chi connectivity index (χ1n) is 3.16. The van der Waals surface area contributed by atoms with Crippen LogP contribution >= 0.6 is 27.5 Å². The molecule has 0 atom stereocenters. The van der Waals surface area contributed by atoms with E-state index >= 15 is 0 Å². The monoisotopic (exact) mass is 247 g/mol. The minimum Gasteiger partial charge on any atom is -0.207 e. The van der Waals surface area contributed by atoms with Gasteiger partial charge in [0.1, 0.15) is 5.82 Å². The number of nitriles is 1. The van der Waals surface area contributed by atoms with Crippen molar-refractivity contribution in [2.75, 3.05) is 0 Å². The Morgan fingerprint density at radius 2 is 2.25 bits per heavy atom. The van der Waals surface area contributed by atoms with E-state index in [1.807, 2.05) is 6.07 Å². The van der Waals surface area contributed by atoms with E-state index in [1.54, 1.807) is 0 Å². The smallest absolute Gasteiger partial charge is 0.129 e. The molecule has 0 heterocycles. The fourth-order valence-electron chi connectivity index (χ4n) is 0.810. The molecule has 0 unspecified atom stereocenters. The van der Waals surface area contributed by atoms with Crippen molar-refractivity contribution in [2.45, 2.75) is 6.42 Å². The Morgan fingerprint density at radius 3 is 2.83 bits per heavy atom. The maximum Gasteiger partial charge on any atom is 0.129 e. The quantitative estimate of drug-likeness (QED) is 0.700. The largest absolute Gasteiger partial charge is 0.207 e. The van der Waals surface area contributed by atoms with Gasteiger partial charge < -0.3 is 0 Å². The molecular formula is C8H4BrClFN. The molecule has 62 valence electrons. The lowest BCUT2D eigenvalue weighted by Gasteiger charge is -2.02. The van der Waals surface area contributed by atoms with Gasteiger partial charge in [0.2, 0.25) is 0 Å². The van der Waals surface area contributed by atoms with E-state index in [2.05, 4.69) is 15.9 Å². The van der Waals surface area contributed by atoms with Crippen molar-refractivity contribution in [3.8, 4) is 6.07 Å². The highest BCUT2D eigenvalue weighted by molar-refractivity contribution is 9.10. The van der Waals surface area contributed by atoms with Crippen LogP contribution in [0.3, 0.4) is 0 Å². The minimum absolute atomic E-state index is 0.00981. The van der Waals surface area contributed by atoms with Crippen LogP contribution in [0.1, 0.15) is 5.56 Å². The third-order valence-electron chi connectivity index (χ3n) is 1.39. The second kappa shape index (κ2) is 3.88. The molecule has 0 bridgehead atoms. The van der Waals surface area contributed by atoms with Gasteiger partial charge in [0, 0.05) is 10.0 Å². The zero-order valence-electron chi connectivity index (χ0n) is 5.94. The van der Waals surface area contributed by atoms with E-state index in [0.717, 1.165) is 0 Å². The predicted octanol–water partition coefficient (Wildman–Crippen LogP) is 3.31. The Balaban J connectivity index is 3.25. The van der Waals surface area contributed by atoms with Gasteiger partial charge in [-0.15, -0.1) is 0 Å². The summed E-state index contributed by atoms with van der Waals surface area (Å²) in [5.41, 5.74) is 0.244. The van der Waals surface area contributed by atoms with Gasteiger partial charge >= 0.3 is 0 Å². The topological polar surface area (TPSA) is 23.8 Å². The van der Waals surface area contributed by atoms with Crippen LogP contribution in [0, 0.1) is 17.1 Å². The molecule has 0 saturated carbocycles. The zero-order chi connectivity index (χ0) is 9.14. The maximum absolute atomic E-state index is 13.0. The molecule has 0 aliphatic carbocycles. The van der Waals surface area contributed by atoms with Crippen molar-refractivity contribution in [2.24, 2.45) is 0 Å². The Hall–Kier alpha value is -0.590. The van der Waals surface area contributed by atoms with Crippen LogP contribution in [0.5, 0.6) is 0 Å². The van der Waals surface area contributed by atoms with Gasteiger partial charge in [0.05, 0.1) is 17.5 Å². The number of nitrogens with zero attached hydrogens (tertiary/aromatic N) is 1. The maximum atomic E-state index is 13.0. The van der Waals surface area contributed by atoms with Crippen molar-refractivity contribution in [3.05, 3.63) is 33.0 Å². The molecule has 0 fully saturated rings. The molecule has 4 heteroatoms. The SMILES string of the molecule is N#CCc1c(F)ccc(Br)c1Cl. The zero-order valence-corrected chi connectivity index (χ0v) is 8.28. The van der Waals surface area contributed by atoms with Crippen molar-refractivity contribution in [1.29, 1.82) is 5.26 Å². The van der Waals surface area contributed by atoms with Gasteiger partial charge in [0.25, 0.3) is 0 Å². The number of halogens is 3. The first-order chi connectivity index (χ1) is 5.66. The molecule has 0 aliphatic heterocycles. The lowest BCUT2D eigenvalue weighted by molar-refractivity contribution is 0.615. The summed E-state index contributed by atoms with van der Waals surface area (Å²) in [6.07, 6.45) is -0.00981. The average molecular weight is 248 g/mol.